The summed E-state index contributed by atoms with van der Waals surface area (Å²) in [5, 5.41) is 12.9. The fourth-order valence-electron chi connectivity index (χ4n) is 1.62. The molecule has 0 aromatic carbocycles. The van der Waals surface area contributed by atoms with Gasteiger partial charge in [0, 0.05) is 12.5 Å². The molecule has 0 aliphatic heterocycles. The van der Waals surface area contributed by atoms with Gasteiger partial charge in [-0.15, -0.1) is 11.3 Å². The number of carbonyl (C=O) groups is 1. The van der Waals surface area contributed by atoms with E-state index in [4.69, 9.17) is 11.0 Å². The van der Waals surface area contributed by atoms with Crippen molar-refractivity contribution in [1.82, 2.24) is 0 Å². The van der Waals surface area contributed by atoms with Crippen molar-refractivity contribution in [3.05, 3.63) is 22.6 Å². The van der Waals surface area contributed by atoms with Gasteiger partial charge < -0.3 is 11.1 Å². The average molecular weight is 261 g/mol. The summed E-state index contributed by atoms with van der Waals surface area (Å²) in [4.78, 5) is 12.5. The molecule has 0 unspecified atom stereocenters. The Morgan fingerprint density at radius 1 is 1.67 bits per heavy atom. The highest BCUT2D eigenvalue weighted by molar-refractivity contribution is 7.19. The Labute approximate surface area is 110 Å². The maximum Gasteiger partial charge on any atom is 0.178 e. The van der Waals surface area contributed by atoms with E-state index in [2.05, 4.69) is 18.0 Å². The number of nitrogens with two attached hydrogens (primary N) is 1. The second kappa shape index (κ2) is 4.83. The van der Waals surface area contributed by atoms with Gasteiger partial charge in [-0.05, 0) is 19.8 Å². The van der Waals surface area contributed by atoms with Crippen molar-refractivity contribution in [2.45, 2.75) is 19.8 Å². The lowest BCUT2D eigenvalue weighted by Crippen LogP contribution is -2.02. The van der Waals surface area contributed by atoms with E-state index in [1.54, 1.807) is 0 Å². The van der Waals surface area contributed by atoms with Crippen LogP contribution in [0.1, 0.15) is 35.0 Å². The van der Waals surface area contributed by atoms with E-state index < -0.39 is 0 Å². The third-order valence-corrected chi connectivity index (χ3v) is 3.96. The number of ketones is 1. The van der Waals surface area contributed by atoms with Crippen LogP contribution in [0.15, 0.2) is 12.2 Å². The molecule has 0 radical (unpaired) electrons. The molecule has 0 atom stereocenters. The molecule has 3 N–H and O–H groups in total. The highest BCUT2D eigenvalue weighted by atomic mass is 32.1. The molecule has 1 aromatic rings. The molecule has 18 heavy (non-hydrogen) atoms. The van der Waals surface area contributed by atoms with Gasteiger partial charge in [-0.3, -0.25) is 4.79 Å². The number of nitrogens with one attached hydrogen (secondary N) is 1. The molecule has 1 aromatic heterocycles. The third-order valence-electron chi connectivity index (χ3n) is 2.78. The van der Waals surface area contributed by atoms with Crippen LogP contribution in [0.2, 0.25) is 0 Å². The maximum atomic E-state index is 12.0. The van der Waals surface area contributed by atoms with Crippen molar-refractivity contribution in [2.75, 3.05) is 17.6 Å². The van der Waals surface area contributed by atoms with Gasteiger partial charge in [-0.25, -0.2) is 0 Å². The van der Waals surface area contributed by atoms with Crippen LogP contribution in [0.4, 0.5) is 10.7 Å². The topological polar surface area (TPSA) is 78.9 Å². The molecule has 0 saturated heterocycles. The van der Waals surface area contributed by atoms with Gasteiger partial charge in [-0.2, -0.15) is 5.26 Å². The van der Waals surface area contributed by atoms with Gasteiger partial charge in [0.1, 0.15) is 16.6 Å². The number of nitriles is 1. The molecule has 1 fully saturated rings. The highest BCUT2D eigenvalue weighted by Crippen LogP contribution is 2.41. The van der Waals surface area contributed by atoms with Crippen LogP contribution < -0.4 is 11.1 Å². The molecule has 0 spiro atoms. The molecule has 1 aliphatic carbocycles. The summed E-state index contributed by atoms with van der Waals surface area (Å²) >= 11 is 1.28. The van der Waals surface area contributed by atoms with Crippen molar-refractivity contribution in [3.63, 3.8) is 0 Å². The van der Waals surface area contributed by atoms with Crippen LogP contribution >= 0.6 is 11.3 Å². The van der Waals surface area contributed by atoms with E-state index >= 15 is 0 Å². The van der Waals surface area contributed by atoms with Crippen molar-refractivity contribution < 1.29 is 4.79 Å². The fraction of sp³-hybridized carbons (Fsp3) is 0.385. The van der Waals surface area contributed by atoms with E-state index in [0.717, 1.165) is 18.4 Å². The zero-order valence-corrected chi connectivity index (χ0v) is 11.1. The first-order valence-electron chi connectivity index (χ1n) is 5.79. The first-order valence-corrected chi connectivity index (χ1v) is 6.61. The van der Waals surface area contributed by atoms with Gasteiger partial charge >= 0.3 is 0 Å². The SMILES string of the molecule is C=C(C)CNc1sc(C(=O)C2CC2)c(N)c1C#N. The molecule has 1 saturated carbocycles. The Morgan fingerprint density at radius 2 is 2.33 bits per heavy atom. The van der Waals surface area contributed by atoms with Gasteiger partial charge in [0.15, 0.2) is 5.78 Å². The number of anilines is 2. The number of nitrogen functional groups attached to an aromatic ring is 1. The van der Waals surface area contributed by atoms with Crippen LogP contribution in [0, 0.1) is 17.2 Å². The molecular weight excluding hydrogens is 246 g/mol. The molecule has 5 heteroatoms. The average Bonchev–Trinajstić information content (AvgIpc) is 3.11. The minimum Gasteiger partial charge on any atom is -0.396 e. The first-order chi connectivity index (χ1) is 8.54. The predicted octanol–water partition coefficient (Wildman–Crippen LogP) is 2.78. The predicted molar refractivity (Wildman–Crippen MR) is 73.8 cm³/mol. The second-order valence-corrected chi connectivity index (χ2v) is 5.63. The Hall–Kier alpha value is -1.80. The first kappa shape index (κ1) is 12.7. The van der Waals surface area contributed by atoms with Crippen molar-refractivity contribution >= 4 is 27.8 Å². The Balaban J connectivity index is 2.29. The molecule has 0 amide bonds. The Bertz CT molecular complexity index is 549. The molecular formula is C13H15N3OS. The number of thiophene rings is 1. The normalized spacial score (nSPS) is 14.0. The molecule has 1 heterocycles. The van der Waals surface area contributed by atoms with E-state index in [0.29, 0.717) is 27.7 Å². The summed E-state index contributed by atoms with van der Waals surface area (Å²) < 4.78 is 0. The summed E-state index contributed by atoms with van der Waals surface area (Å²) in [5.74, 6) is 0.198. The van der Waals surface area contributed by atoms with Crippen molar-refractivity contribution in [2.24, 2.45) is 5.92 Å². The number of hydrogen-bond donors (Lipinski definition) is 2. The standard InChI is InChI=1S/C13H15N3OS/c1-7(2)6-16-13-9(5-14)10(15)12(18-13)11(17)8-3-4-8/h8,16H,1,3-4,6,15H2,2H3. The zero-order valence-electron chi connectivity index (χ0n) is 10.2. The molecule has 1 aliphatic rings. The van der Waals surface area contributed by atoms with Crippen LogP contribution in [-0.2, 0) is 0 Å². The number of Topliss-reactive ketones (excluding diaryl/α,β-unsaturated/α-hetero) is 1. The molecule has 4 nitrogen and oxygen atoms in total. The lowest BCUT2D eigenvalue weighted by Gasteiger charge is -2.02. The quantitative estimate of drug-likeness (QED) is 0.631. The second-order valence-electron chi connectivity index (χ2n) is 4.61. The van der Waals surface area contributed by atoms with E-state index in [1.165, 1.54) is 11.3 Å². The largest absolute Gasteiger partial charge is 0.396 e. The van der Waals surface area contributed by atoms with E-state index in [-0.39, 0.29) is 11.7 Å². The lowest BCUT2D eigenvalue weighted by atomic mass is 10.1. The number of rotatable bonds is 5. The summed E-state index contributed by atoms with van der Waals surface area (Å²) in [7, 11) is 0. The van der Waals surface area contributed by atoms with Gasteiger partial charge in [0.25, 0.3) is 0 Å². The monoisotopic (exact) mass is 261 g/mol. The minimum absolute atomic E-state index is 0.0809. The van der Waals surface area contributed by atoms with Crippen LogP contribution in [0.3, 0.4) is 0 Å². The molecule has 0 bridgehead atoms. The Morgan fingerprint density at radius 3 is 2.83 bits per heavy atom. The zero-order chi connectivity index (χ0) is 13.3. The van der Waals surface area contributed by atoms with Crippen molar-refractivity contribution in [1.29, 1.82) is 5.26 Å². The number of nitrogens with zero attached hydrogens (tertiary/aromatic N) is 1. The van der Waals surface area contributed by atoms with E-state index in [9.17, 15) is 4.79 Å². The van der Waals surface area contributed by atoms with Gasteiger partial charge in [0.05, 0.1) is 10.6 Å². The van der Waals surface area contributed by atoms with Crippen molar-refractivity contribution in [3.8, 4) is 6.07 Å². The highest BCUT2D eigenvalue weighted by Gasteiger charge is 2.34. The third kappa shape index (κ3) is 2.39. The molecule has 94 valence electrons. The molecule has 2 rings (SSSR count). The maximum absolute atomic E-state index is 12.0. The van der Waals surface area contributed by atoms with Crippen LogP contribution in [0.25, 0.3) is 0 Å². The Kier molecular flexibility index (Phi) is 3.39. The summed E-state index contributed by atoms with van der Waals surface area (Å²) in [6.45, 7) is 6.26. The van der Waals surface area contributed by atoms with Crippen LogP contribution in [-0.4, -0.2) is 12.3 Å². The lowest BCUT2D eigenvalue weighted by molar-refractivity contribution is 0.0972. The summed E-state index contributed by atoms with van der Waals surface area (Å²) in [6, 6.07) is 2.06. The summed E-state index contributed by atoms with van der Waals surface area (Å²) in [6.07, 6.45) is 1.87. The fourth-order valence-corrected chi connectivity index (χ4v) is 2.71. The van der Waals surface area contributed by atoms with Crippen LogP contribution in [0.5, 0.6) is 0 Å². The summed E-state index contributed by atoms with van der Waals surface area (Å²) in [5.41, 5.74) is 7.55. The van der Waals surface area contributed by atoms with Gasteiger partial charge in [-0.1, -0.05) is 12.2 Å². The number of carbonyl (C=O) groups excluding carboxylic acids is 1. The van der Waals surface area contributed by atoms with E-state index in [1.807, 2.05) is 6.92 Å². The van der Waals surface area contributed by atoms with Gasteiger partial charge in [0.2, 0.25) is 0 Å². The minimum atomic E-state index is 0.0809. The number of hydrogen-bond acceptors (Lipinski definition) is 5. The smallest absolute Gasteiger partial charge is 0.178 e.